The first-order valence-corrected chi connectivity index (χ1v) is 5.51. The number of carbonyl (C=O) groups excluding carboxylic acids is 1. The van der Waals surface area contributed by atoms with Gasteiger partial charge in [0.15, 0.2) is 0 Å². The van der Waals surface area contributed by atoms with Crippen LogP contribution in [0.4, 0.5) is 0 Å². The van der Waals surface area contributed by atoms with E-state index in [1.54, 1.807) is 25.3 Å². The summed E-state index contributed by atoms with van der Waals surface area (Å²) in [5.41, 5.74) is 2.53. The normalized spacial score (nSPS) is 10.0. The van der Waals surface area contributed by atoms with Crippen molar-refractivity contribution in [1.29, 1.82) is 0 Å². The van der Waals surface area contributed by atoms with Crippen molar-refractivity contribution in [3.63, 3.8) is 0 Å². The molecule has 0 aromatic heterocycles. The summed E-state index contributed by atoms with van der Waals surface area (Å²) < 4.78 is 5.28. The standard InChI is InChI=1S/C14H11ClO2/c1-17-14-7-6-12(15)8-13(14)11-4-2-10(9-16)3-5-11/h2-9H,1H3. The van der Waals surface area contributed by atoms with Crippen molar-refractivity contribution < 1.29 is 9.53 Å². The molecule has 0 aliphatic rings. The molecule has 3 heteroatoms. The topological polar surface area (TPSA) is 26.3 Å². The van der Waals surface area contributed by atoms with Crippen LogP contribution in [0.2, 0.25) is 5.02 Å². The molecule has 17 heavy (non-hydrogen) atoms. The van der Waals surface area contributed by atoms with Crippen LogP contribution in [0.15, 0.2) is 42.5 Å². The molecular formula is C14H11ClO2. The second-order valence-electron chi connectivity index (χ2n) is 3.58. The van der Waals surface area contributed by atoms with Crippen molar-refractivity contribution in [2.45, 2.75) is 0 Å². The third kappa shape index (κ3) is 2.48. The van der Waals surface area contributed by atoms with E-state index in [1.807, 2.05) is 24.3 Å². The lowest BCUT2D eigenvalue weighted by molar-refractivity contribution is 0.112. The second kappa shape index (κ2) is 5.02. The van der Waals surface area contributed by atoms with Crippen LogP contribution in [-0.2, 0) is 0 Å². The Bertz CT molecular complexity index is 532. The predicted octanol–water partition coefficient (Wildman–Crippen LogP) is 3.83. The molecule has 0 N–H and O–H groups in total. The van der Waals surface area contributed by atoms with Crippen molar-refractivity contribution in [2.24, 2.45) is 0 Å². The van der Waals surface area contributed by atoms with E-state index in [0.717, 1.165) is 23.2 Å². The molecule has 0 unspecified atom stereocenters. The van der Waals surface area contributed by atoms with E-state index >= 15 is 0 Å². The number of benzene rings is 2. The van der Waals surface area contributed by atoms with Gasteiger partial charge in [-0.15, -0.1) is 0 Å². The lowest BCUT2D eigenvalue weighted by Gasteiger charge is -2.09. The Morgan fingerprint density at radius 3 is 2.41 bits per heavy atom. The highest BCUT2D eigenvalue weighted by Gasteiger charge is 2.06. The van der Waals surface area contributed by atoms with Crippen LogP contribution in [0.3, 0.4) is 0 Å². The van der Waals surface area contributed by atoms with Gasteiger partial charge in [0.1, 0.15) is 12.0 Å². The molecule has 2 rings (SSSR count). The fraction of sp³-hybridized carbons (Fsp3) is 0.0714. The summed E-state index contributed by atoms with van der Waals surface area (Å²) in [6, 6.07) is 12.7. The molecule has 0 heterocycles. The molecule has 0 aliphatic heterocycles. The van der Waals surface area contributed by atoms with Crippen LogP contribution in [0.25, 0.3) is 11.1 Å². The fourth-order valence-corrected chi connectivity index (χ4v) is 1.82. The van der Waals surface area contributed by atoms with Gasteiger partial charge in [0.25, 0.3) is 0 Å². The molecule has 0 saturated heterocycles. The van der Waals surface area contributed by atoms with Crippen molar-refractivity contribution in [3.05, 3.63) is 53.1 Å². The first-order chi connectivity index (χ1) is 8.24. The number of halogens is 1. The zero-order chi connectivity index (χ0) is 12.3. The fourth-order valence-electron chi connectivity index (χ4n) is 1.65. The number of aldehydes is 1. The molecular weight excluding hydrogens is 236 g/mol. The molecule has 0 amide bonds. The van der Waals surface area contributed by atoms with E-state index in [9.17, 15) is 4.79 Å². The quantitative estimate of drug-likeness (QED) is 0.770. The number of ether oxygens (including phenoxy) is 1. The number of hydrogen-bond acceptors (Lipinski definition) is 2. The number of rotatable bonds is 3. The first-order valence-electron chi connectivity index (χ1n) is 5.14. The SMILES string of the molecule is COc1ccc(Cl)cc1-c1ccc(C=O)cc1. The molecule has 0 spiro atoms. The van der Waals surface area contributed by atoms with E-state index in [1.165, 1.54) is 0 Å². The summed E-state index contributed by atoms with van der Waals surface area (Å²) >= 11 is 5.97. The summed E-state index contributed by atoms with van der Waals surface area (Å²) in [6.45, 7) is 0. The Balaban J connectivity index is 2.50. The highest BCUT2D eigenvalue weighted by Crippen LogP contribution is 2.32. The maximum absolute atomic E-state index is 10.6. The maximum Gasteiger partial charge on any atom is 0.150 e. The molecule has 0 saturated carbocycles. The van der Waals surface area contributed by atoms with Gasteiger partial charge < -0.3 is 4.74 Å². The second-order valence-corrected chi connectivity index (χ2v) is 4.02. The van der Waals surface area contributed by atoms with E-state index in [0.29, 0.717) is 10.6 Å². The lowest BCUT2D eigenvalue weighted by atomic mass is 10.0. The molecule has 0 atom stereocenters. The van der Waals surface area contributed by atoms with Crippen molar-refractivity contribution in [1.82, 2.24) is 0 Å². The minimum absolute atomic E-state index is 0.648. The van der Waals surface area contributed by atoms with E-state index in [4.69, 9.17) is 16.3 Å². The van der Waals surface area contributed by atoms with Crippen molar-refractivity contribution in [2.75, 3.05) is 7.11 Å². The van der Waals surface area contributed by atoms with E-state index in [2.05, 4.69) is 0 Å². The van der Waals surface area contributed by atoms with Crippen LogP contribution in [0, 0.1) is 0 Å². The van der Waals surface area contributed by atoms with Crippen LogP contribution in [0.5, 0.6) is 5.75 Å². The highest BCUT2D eigenvalue weighted by molar-refractivity contribution is 6.31. The number of methoxy groups -OCH3 is 1. The Morgan fingerprint density at radius 2 is 1.82 bits per heavy atom. The van der Waals surface area contributed by atoms with Gasteiger partial charge in [-0.1, -0.05) is 35.9 Å². The molecule has 2 aromatic carbocycles. The summed E-state index contributed by atoms with van der Waals surface area (Å²) in [6.07, 6.45) is 0.818. The van der Waals surface area contributed by atoms with Gasteiger partial charge in [-0.3, -0.25) is 4.79 Å². The molecule has 0 aliphatic carbocycles. The summed E-state index contributed by atoms with van der Waals surface area (Å²) in [5, 5.41) is 0.653. The Morgan fingerprint density at radius 1 is 1.12 bits per heavy atom. The Labute approximate surface area is 105 Å². The molecule has 0 bridgehead atoms. The lowest BCUT2D eigenvalue weighted by Crippen LogP contribution is -1.88. The van der Waals surface area contributed by atoms with Gasteiger partial charge in [-0.2, -0.15) is 0 Å². The summed E-state index contributed by atoms with van der Waals surface area (Å²) in [7, 11) is 1.62. The molecule has 0 fully saturated rings. The monoisotopic (exact) mass is 246 g/mol. The predicted molar refractivity (Wildman–Crippen MR) is 68.8 cm³/mol. The van der Waals surface area contributed by atoms with Gasteiger partial charge in [-0.05, 0) is 23.8 Å². The molecule has 2 nitrogen and oxygen atoms in total. The third-order valence-corrected chi connectivity index (χ3v) is 2.75. The minimum atomic E-state index is 0.648. The number of carbonyl (C=O) groups is 1. The summed E-state index contributed by atoms with van der Waals surface area (Å²) in [5.74, 6) is 0.758. The average Bonchev–Trinajstić information content (AvgIpc) is 2.39. The average molecular weight is 247 g/mol. The van der Waals surface area contributed by atoms with Crippen molar-refractivity contribution in [3.8, 4) is 16.9 Å². The third-order valence-electron chi connectivity index (χ3n) is 2.52. The van der Waals surface area contributed by atoms with Crippen LogP contribution in [-0.4, -0.2) is 13.4 Å². The summed E-state index contributed by atoms with van der Waals surface area (Å²) in [4.78, 5) is 10.6. The van der Waals surface area contributed by atoms with Gasteiger partial charge in [0, 0.05) is 16.1 Å². The molecule has 0 radical (unpaired) electrons. The van der Waals surface area contributed by atoms with Gasteiger partial charge in [0.2, 0.25) is 0 Å². The minimum Gasteiger partial charge on any atom is -0.496 e. The zero-order valence-electron chi connectivity index (χ0n) is 9.31. The van der Waals surface area contributed by atoms with E-state index in [-0.39, 0.29) is 0 Å². The largest absolute Gasteiger partial charge is 0.496 e. The molecule has 2 aromatic rings. The van der Waals surface area contributed by atoms with Crippen LogP contribution >= 0.6 is 11.6 Å². The maximum atomic E-state index is 10.6. The van der Waals surface area contributed by atoms with Gasteiger partial charge >= 0.3 is 0 Å². The Hall–Kier alpha value is -1.80. The van der Waals surface area contributed by atoms with Crippen LogP contribution in [0.1, 0.15) is 10.4 Å². The Kier molecular flexibility index (Phi) is 3.45. The van der Waals surface area contributed by atoms with Gasteiger partial charge in [0.05, 0.1) is 7.11 Å². The first kappa shape index (κ1) is 11.7. The molecule has 86 valence electrons. The van der Waals surface area contributed by atoms with Crippen LogP contribution < -0.4 is 4.74 Å². The smallest absolute Gasteiger partial charge is 0.150 e. The van der Waals surface area contributed by atoms with Crippen molar-refractivity contribution >= 4 is 17.9 Å². The number of hydrogen-bond donors (Lipinski definition) is 0. The highest BCUT2D eigenvalue weighted by atomic mass is 35.5. The zero-order valence-corrected chi connectivity index (χ0v) is 10.1. The van der Waals surface area contributed by atoms with E-state index < -0.39 is 0 Å². The van der Waals surface area contributed by atoms with Gasteiger partial charge in [-0.25, -0.2) is 0 Å².